The van der Waals surface area contributed by atoms with Gasteiger partial charge in [-0.2, -0.15) is 5.26 Å². The molecule has 0 amide bonds. The van der Waals surface area contributed by atoms with Crippen LogP contribution in [-0.4, -0.2) is 10.8 Å². The second-order valence-corrected chi connectivity index (χ2v) is 11.2. The first-order valence-corrected chi connectivity index (χ1v) is 14.2. The van der Waals surface area contributed by atoms with Crippen molar-refractivity contribution in [2.24, 2.45) is 4.99 Å². The smallest absolute Gasteiger partial charge is 0.238 e. The van der Waals surface area contributed by atoms with Crippen LogP contribution in [0, 0.1) is 28.7 Å². The third-order valence-corrected chi connectivity index (χ3v) is 7.78. The molecule has 0 saturated carbocycles. The number of nitrogens with zero attached hydrogens (tertiary/aromatic N) is 3. The van der Waals surface area contributed by atoms with Gasteiger partial charge < -0.3 is 8.98 Å². The van der Waals surface area contributed by atoms with E-state index in [-0.39, 0.29) is 0 Å². The Morgan fingerprint density at radius 2 is 1.50 bits per heavy atom. The molecule has 0 aliphatic carbocycles. The lowest BCUT2D eigenvalue weighted by atomic mass is 9.97. The molecule has 0 fully saturated rings. The molecule has 5 heteroatoms. The van der Waals surface area contributed by atoms with Crippen LogP contribution in [0.1, 0.15) is 27.8 Å². The van der Waals surface area contributed by atoms with Crippen molar-refractivity contribution in [2.75, 3.05) is 0 Å². The number of para-hydroxylation sites is 1. The van der Waals surface area contributed by atoms with Crippen molar-refractivity contribution in [3.63, 3.8) is 0 Å². The summed E-state index contributed by atoms with van der Waals surface area (Å²) in [5.74, 6) is 0.955. The largest absolute Gasteiger partial charge is 0.436 e. The van der Waals surface area contributed by atoms with Gasteiger partial charge in [-0.1, -0.05) is 90.0 Å². The summed E-state index contributed by atoms with van der Waals surface area (Å²) >= 11 is 2.33. The van der Waals surface area contributed by atoms with Crippen molar-refractivity contribution in [3.05, 3.63) is 135 Å². The molecule has 0 aliphatic rings. The summed E-state index contributed by atoms with van der Waals surface area (Å²) in [4.78, 5) is 4.77. The van der Waals surface area contributed by atoms with Gasteiger partial charge in [-0.05, 0) is 65.8 Å². The number of hydrogen-bond acceptors (Lipinski definition) is 3. The average molecular weight is 632 g/mol. The Morgan fingerprint density at radius 1 is 0.850 bits per heavy atom. The summed E-state index contributed by atoms with van der Waals surface area (Å²) < 4.78 is 9.82. The number of aromatic nitrogens is 1. The predicted molar refractivity (Wildman–Crippen MR) is 171 cm³/mol. The monoisotopic (exact) mass is 631 g/mol. The molecule has 0 bridgehead atoms. The van der Waals surface area contributed by atoms with E-state index in [2.05, 4.69) is 95.7 Å². The molecule has 4 nitrogen and oxygen atoms in total. The second-order valence-electron chi connectivity index (χ2n) is 9.94. The van der Waals surface area contributed by atoms with Gasteiger partial charge in [-0.25, -0.2) is 4.99 Å². The lowest BCUT2D eigenvalue weighted by Crippen LogP contribution is -1.97. The Labute approximate surface area is 247 Å². The van der Waals surface area contributed by atoms with Crippen molar-refractivity contribution in [2.45, 2.75) is 20.4 Å². The summed E-state index contributed by atoms with van der Waals surface area (Å²) in [6.45, 7) is 4.86. The Kier molecular flexibility index (Phi) is 7.10. The van der Waals surface area contributed by atoms with E-state index < -0.39 is 0 Å². The van der Waals surface area contributed by atoms with Crippen molar-refractivity contribution < 1.29 is 4.42 Å². The van der Waals surface area contributed by atoms with E-state index in [1.54, 1.807) is 0 Å². The van der Waals surface area contributed by atoms with Crippen LogP contribution in [0.15, 0.2) is 113 Å². The topological polar surface area (TPSA) is 54.2 Å². The normalized spacial score (nSPS) is 11.3. The Hall–Kier alpha value is -4.41. The zero-order chi connectivity index (χ0) is 27.6. The molecular weight excluding hydrogens is 605 g/mol. The highest BCUT2D eigenvalue weighted by atomic mass is 127. The molecule has 0 unspecified atom stereocenters. The van der Waals surface area contributed by atoms with Crippen LogP contribution in [0.3, 0.4) is 0 Å². The predicted octanol–water partition coefficient (Wildman–Crippen LogP) is 9.46. The highest BCUT2D eigenvalue weighted by Gasteiger charge is 2.23. The number of halogens is 1. The maximum atomic E-state index is 10.3. The number of aryl methyl sites for hydroxylation is 2. The first kappa shape index (κ1) is 25.8. The lowest BCUT2D eigenvalue weighted by Gasteiger charge is -2.05. The third kappa shape index (κ3) is 5.11. The minimum Gasteiger partial charge on any atom is -0.436 e. The molecule has 194 valence electrons. The fourth-order valence-corrected chi connectivity index (χ4v) is 5.30. The SMILES string of the molecule is Cc1ccc(-c2oc(N=Cc3cn(Cc4ccc(I)cc4)c4ccccc34)c(C#N)c2-c2ccc(C)cc2)cc1. The minimum absolute atomic E-state index is 0.308. The van der Waals surface area contributed by atoms with Crippen molar-refractivity contribution in [1.82, 2.24) is 4.57 Å². The standard InChI is InChI=1S/C35H26IN3O/c1-23-7-13-26(14-8-23)33-31(19-37)35(40-34(33)27-15-9-24(2)10-16-27)38-20-28-22-39(32-6-4-3-5-30(28)32)21-25-11-17-29(36)18-12-25/h3-18,20,22H,21H2,1-2H3. The molecule has 2 aromatic heterocycles. The fraction of sp³-hybridized carbons (Fsp3) is 0.0857. The average Bonchev–Trinajstić information content (AvgIpc) is 3.52. The van der Waals surface area contributed by atoms with E-state index >= 15 is 0 Å². The summed E-state index contributed by atoms with van der Waals surface area (Å²) in [5.41, 5.74) is 8.67. The van der Waals surface area contributed by atoms with Gasteiger partial charge in [0.1, 0.15) is 17.4 Å². The highest BCUT2D eigenvalue weighted by Crippen LogP contribution is 2.42. The van der Waals surface area contributed by atoms with E-state index in [1.807, 2.05) is 60.8 Å². The summed E-state index contributed by atoms with van der Waals surface area (Å²) in [6.07, 6.45) is 3.92. The van der Waals surface area contributed by atoms with E-state index in [0.717, 1.165) is 50.8 Å². The van der Waals surface area contributed by atoms with Crippen LogP contribution in [0.5, 0.6) is 0 Å². The minimum atomic E-state index is 0.308. The molecule has 0 spiro atoms. The Bertz CT molecular complexity index is 1880. The highest BCUT2D eigenvalue weighted by molar-refractivity contribution is 14.1. The zero-order valence-corrected chi connectivity index (χ0v) is 24.4. The maximum absolute atomic E-state index is 10.3. The molecule has 0 atom stereocenters. The molecule has 0 radical (unpaired) electrons. The van der Waals surface area contributed by atoms with Crippen molar-refractivity contribution in [1.29, 1.82) is 5.26 Å². The van der Waals surface area contributed by atoms with Gasteiger partial charge in [0.15, 0.2) is 0 Å². The summed E-state index contributed by atoms with van der Waals surface area (Å²) in [6, 6.07) is 35.6. The molecule has 2 heterocycles. The fourth-order valence-electron chi connectivity index (χ4n) is 4.94. The third-order valence-electron chi connectivity index (χ3n) is 7.06. The van der Waals surface area contributed by atoms with Gasteiger partial charge in [-0.15, -0.1) is 0 Å². The van der Waals surface area contributed by atoms with Crippen LogP contribution in [0.25, 0.3) is 33.4 Å². The van der Waals surface area contributed by atoms with Gasteiger partial charge in [-0.3, -0.25) is 0 Å². The number of furan rings is 1. The van der Waals surface area contributed by atoms with Crippen LogP contribution in [-0.2, 0) is 6.54 Å². The van der Waals surface area contributed by atoms with Crippen LogP contribution in [0.2, 0.25) is 0 Å². The Balaban J connectivity index is 1.45. The van der Waals surface area contributed by atoms with Gasteiger partial charge >= 0.3 is 0 Å². The number of benzene rings is 4. The Morgan fingerprint density at radius 3 is 2.17 bits per heavy atom. The molecule has 0 saturated heterocycles. The van der Waals surface area contributed by atoms with Gasteiger partial charge in [0, 0.05) is 50.1 Å². The zero-order valence-electron chi connectivity index (χ0n) is 22.2. The molecule has 0 N–H and O–H groups in total. The molecule has 4 aromatic carbocycles. The van der Waals surface area contributed by atoms with Gasteiger partial charge in [0.05, 0.1) is 0 Å². The van der Waals surface area contributed by atoms with Gasteiger partial charge in [0.2, 0.25) is 5.88 Å². The molecule has 6 aromatic rings. The van der Waals surface area contributed by atoms with E-state index in [4.69, 9.17) is 9.41 Å². The van der Waals surface area contributed by atoms with E-state index in [1.165, 1.54) is 9.13 Å². The first-order chi connectivity index (χ1) is 19.5. The second kappa shape index (κ2) is 11.0. The van der Waals surface area contributed by atoms with Crippen LogP contribution >= 0.6 is 22.6 Å². The quantitative estimate of drug-likeness (QED) is 0.136. The number of nitriles is 1. The lowest BCUT2D eigenvalue weighted by molar-refractivity contribution is 0.593. The summed E-state index contributed by atoms with van der Waals surface area (Å²) in [7, 11) is 0. The summed E-state index contributed by atoms with van der Waals surface area (Å²) in [5, 5.41) is 11.4. The number of fused-ring (bicyclic) bond motifs is 1. The van der Waals surface area contributed by atoms with Crippen molar-refractivity contribution in [3.8, 4) is 28.5 Å². The van der Waals surface area contributed by atoms with Crippen molar-refractivity contribution >= 4 is 45.6 Å². The van der Waals surface area contributed by atoms with Crippen LogP contribution < -0.4 is 0 Å². The molecule has 0 aliphatic heterocycles. The van der Waals surface area contributed by atoms with E-state index in [0.29, 0.717) is 17.2 Å². The number of rotatable bonds is 6. The first-order valence-electron chi connectivity index (χ1n) is 13.1. The maximum Gasteiger partial charge on any atom is 0.238 e. The number of hydrogen-bond donors (Lipinski definition) is 0. The van der Waals surface area contributed by atoms with E-state index in [9.17, 15) is 5.26 Å². The number of aliphatic imine (C=N–C) groups is 1. The molecule has 40 heavy (non-hydrogen) atoms. The molecule has 6 rings (SSSR count). The van der Waals surface area contributed by atoms with Crippen LogP contribution in [0.4, 0.5) is 5.88 Å². The molecular formula is C35H26IN3O. The van der Waals surface area contributed by atoms with Gasteiger partial charge in [0.25, 0.3) is 0 Å².